The Morgan fingerprint density at radius 2 is 1.78 bits per heavy atom. The number of aliphatic carboxylic acids is 1. The zero-order valence-corrected chi connectivity index (χ0v) is 11.1. The van der Waals surface area contributed by atoms with Gasteiger partial charge in [-0.1, -0.05) is 0 Å². The van der Waals surface area contributed by atoms with Gasteiger partial charge in [0.15, 0.2) is 6.04 Å². The van der Waals surface area contributed by atoms with Crippen molar-refractivity contribution in [3.8, 4) is 0 Å². The molecule has 3 N–H and O–H groups in total. The Morgan fingerprint density at radius 1 is 1.28 bits per heavy atom. The second kappa shape index (κ2) is 6.04. The van der Waals surface area contributed by atoms with Crippen LogP contribution < -0.4 is 5.32 Å². The highest BCUT2D eigenvalue weighted by molar-refractivity contribution is 5.83. The fourth-order valence-electron chi connectivity index (χ4n) is 2.42. The van der Waals surface area contributed by atoms with E-state index in [4.69, 9.17) is 5.11 Å². The van der Waals surface area contributed by atoms with E-state index in [0.29, 0.717) is 0 Å². The summed E-state index contributed by atoms with van der Waals surface area (Å²) in [6.45, 7) is 5.25. The van der Waals surface area contributed by atoms with E-state index >= 15 is 0 Å². The van der Waals surface area contributed by atoms with E-state index in [2.05, 4.69) is 5.32 Å². The van der Waals surface area contributed by atoms with Crippen LogP contribution in [0.2, 0.25) is 0 Å². The zero-order chi connectivity index (χ0) is 13.9. The number of hydrogen-bond acceptors (Lipinski definition) is 3. The Hall–Kier alpha value is -1.30. The van der Waals surface area contributed by atoms with Gasteiger partial charge in [-0.3, -0.25) is 0 Å². The Bertz CT molecular complexity index is 309. The Balaban J connectivity index is 2.70. The molecular formula is C12H22N2O4. The predicted octanol–water partition coefficient (Wildman–Crippen LogP) is 0.793. The maximum absolute atomic E-state index is 12.1. The number of nitrogens with one attached hydrogen (secondary N) is 1. The van der Waals surface area contributed by atoms with Gasteiger partial charge in [-0.05, 0) is 40.0 Å². The molecule has 1 heterocycles. The maximum atomic E-state index is 12.1. The summed E-state index contributed by atoms with van der Waals surface area (Å²) in [5, 5.41) is 20.7. The van der Waals surface area contributed by atoms with E-state index in [1.165, 1.54) is 6.92 Å². The molecule has 0 aromatic rings. The minimum atomic E-state index is -1.26. The van der Waals surface area contributed by atoms with E-state index in [-0.39, 0.29) is 12.1 Å². The standard InChI is InChI=1S/C12H22N2O4/c1-7-5-4-6-8(2)14(7)12(18)13-10(9(3)15)11(16)17/h7-10,15H,4-6H2,1-3H3,(H,13,18)(H,16,17)/t7-,8+,9-,10+/m1/s1. The van der Waals surface area contributed by atoms with Gasteiger partial charge in [0, 0.05) is 12.1 Å². The largest absolute Gasteiger partial charge is 0.480 e. The van der Waals surface area contributed by atoms with Gasteiger partial charge in [0.2, 0.25) is 0 Å². The molecule has 18 heavy (non-hydrogen) atoms. The van der Waals surface area contributed by atoms with Crippen LogP contribution in [0.1, 0.15) is 40.0 Å². The smallest absolute Gasteiger partial charge is 0.328 e. The lowest BCUT2D eigenvalue weighted by Crippen LogP contribution is -2.57. The first-order chi connectivity index (χ1) is 8.34. The van der Waals surface area contributed by atoms with Crippen LogP contribution >= 0.6 is 0 Å². The number of nitrogens with zero attached hydrogens (tertiary/aromatic N) is 1. The average molecular weight is 258 g/mol. The average Bonchev–Trinajstić information content (AvgIpc) is 2.24. The van der Waals surface area contributed by atoms with E-state index in [9.17, 15) is 14.7 Å². The predicted molar refractivity (Wildman–Crippen MR) is 66.3 cm³/mol. The highest BCUT2D eigenvalue weighted by Gasteiger charge is 2.32. The van der Waals surface area contributed by atoms with E-state index < -0.39 is 24.1 Å². The molecule has 0 saturated carbocycles. The summed E-state index contributed by atoms with van der Waals surface area (Å²) in [5.41, 5.74) is 0. The van der Waals surface area contributed by atoms with E-state index in [0.717, 1.165) is 19.3 Å². The van der Waals surface area contributed by atoms with Gasteiger partial charge in [-0.2, -0.15) is 0 Å². The number of urea groups is 1. The van der Waals surface area contributed by atoms with Crippen molar-refractivity contribution >= 4 is 12.0 Å². The first-order valence-corrected chi connectivity index (χ1v) is 6.34. The molecule has 0 aliphatic carbocycles. The van der Waals surface area contributed by atoms with Crippen molar-refractivity contribution in [2.45, 2.75) is 64.3 Å². The topological polar surface area (TPSA) is 89.9 Å². The summed E-state index contributed by atoms with van der Waals surface area (Å²) in [6, 6.07) is -1.49. The number of aliphatic hydroxyl groups excluding tert-OH is 1. The molecule has 0 radical (unpaired) electrons. The summed E-state index contributed by atoms with van der Waals surface area (Å²) < 4.78 is 0. The van der Waals surface area contributed by atoms with Gasteiger partial charge in [0.25, 0.3) is 0 Å². The maximum Gasteiger partial charge on any atom is 0.328 e. The van der Waals surface area contributed by atoms with Crippen LogP contribution in [0.4, 0.5) is 4.79 Å². The minimum absolute atomic E-state index is 0.0946. The van der Waals surface area contributed by atoms with Crippen molar-refractivity contribution in [1.29, 1.82) is 0 Å². The van der Waals surface area contributed by atoms with Crippen LogP contribution in [0.5, 0.6) is 0 Å². The lowest BCUT2D eigenvalue weighted by molar-refractivity contribution is -0.141. The quantitative estimate of drug-likeness (QED) is 0.698. The number of rotatable bonds is 3. The Kier molecular flexibility index (Phi) is 4.95. The van der Waals surface area contributed by atoms with Gasteiger partial charge in [0.05, 0.1) is 6.10 Å². The first-order valence-electron chi connectivity index (χ1n) is 6.34. The summed E-state index contributed by atoms with van der Waals surface area (Å²) in [5.74, 6) is -1.23. The fraction of sp³-hybridized carbons (Fsp3) is 0.833. The number of likely N-dealkylation sites (tertiary alicyclic amines) is 1. The van der Waals surface area contributed by atoms with Crippen molar-refractivity contribution in [2.75, 3.05) is 0 Å². The molecule has 1 fully saturated rings. The number of carboxylic acid groups (broad SMARTS) is 1. The molecule has 104 valence electrons. The molecule has 0 unspecified atom stereocenters. The third-order valence-electron chi connectivity index (χ3n) is 3.46. The number of hydrogen-bond donors (Lipinski definition) is 3. The number of aliphatic hydroxyl groups is 1. The highest BCUT2D eigenvalue weighted by atomic mass is 16.4. The minimum Gasteiger partial charge on any atom is -0.480 e. The van der Waals surface area contributed by atoms with Crippen molar-refractivity contribution in [3.63, 3.8) is 0 Å². The number of piperidine rings is 1. The van der Waals surface area contributed by atoms with Crippen LogP contribution in [-0.2, 0) is 4.79 Å². The molecule has 2 amide bonds. The van der Waals surface area contributed by atoms with Gasteiger partial charge in [-0.25, -0.2) is 9.59 Å². The fourth-order valence-corrected chi connectivity index (χ4v) is 2.42. The van der Waals surface area contributed by atoms with Crippen molar-refractivity contribution in [2.24, 2.45) is 0 Å². The second-order valence-electron chi connectivity index (χ2n) is 5.04. The summed E-state index contributed by atoms with van der Waals surface area (Å²) in [6.07, 6.45) is 1.79. The number of carbonyl (C=O) groups is 2. The Labute approximate surface area is 107 Å². The SMILES string of the molecule is C[C@@H]1CCC[C@H](C)N1C(=O)N[C@H](C(=O)O)[C@@H](C)O. The normalized spacial score (nSPS) is 27.4. The molecule has 4 atom stereocenters. The van der Waals surface area contributed by atoms with Gasteiger partial charge in [-0.15, -0.1) is 0 Å². The summed E-state index contributed by atoms with van der Waals surface area (Å²) >= 11 is 0. The molecule has 1 rings (SSSR count). The summed E-state index contributed by atoms with van der Waals surface area (Å²) in [7, 11) is 0. The first kappa shape index (κ1) is 14.8. The van der Waals surface area contributed by atoms with Crippen LogP contribution in [0, 0.1) is 0 Å². The molecule has 0 bridgehead atoms. The lowest BCUT2D eigenvalue weighted by Gasteiger charge is -2.39. The highest BCUT2D eigenvalue weighted by Crippen LogP contribution is 2.22. The molecule has 0 aromatic heterocycles. The molecule has 1 aliphatic rings. The van der Waals surface area contributed by atoms with Gasteiger partial charge in [0.1, 0.15) is 0 Å². The molecule has 6 heteroatoms. The van der Waals surface area contributed by atoms with Crippen molar-refractivity contribution < 1.29 is 19.8 Å². The van der Waals surface area contributed by atoms with E-state index in [1.54, 1.807) is 4.90 Å². The third-order valence-corrected chi connectivity index (χ3v) is 3.46. The molecule has 0 aromatic carbocycles. The van der Waals surface area contributed by atoms with Crippen LogP contribution in [0.25, 0.3) is 0 Å². The van der Waals surface area contributed by atoms with E-state index in [1.807, 2.05) is 13.8 Å². The number of amides is 2. The molecule has 1 aliphatic heterocycles. The summed E-state index contributed by atoms with van der Waals surface area (Å²) in [4.78, 5) is 24.7. The number of carboxylic acids is 1. The third kappa shape index (κ3) is 3.35. The lowest BCUT2D eigenvalue weighted by atomic mass is 9.98. The molecule has 0 spiro atoms. The van der Waals surface area contributed by atoms with Crippen LogP contribution in [-0.4, -0.2) is 51.3 Å². The zero-order valence-electron chi connectivity index (χ0n) is 11.1. The Morgan fingerprint density at radius 3 is 2.17 bits per heavy atom. The molecule has 1 saturated heterocycles. The number of carbonyl (C=O) groups excluding carboxylic acids is 1. The van der Waals surface area contributed by atoms with Gasteiger partial charge < -0.3 is 20.4 Å². The second-order valence-corrected chi connectivity index (χ2v) is 5.04. The van der Waals surface area contributed by atoms with Crippen LogP contribution in [0.15, 0.2) is 0 Å². The molecule has 6 nitrogen and oxygen atoms in total. The monoisotopic (exact) mass is 258 g/mol. The van der Waals surface area contributed by atoms with Gasteiger partial charge >= 0.3 is 12.0 Å². The van der Waals surface area contributed by atoms with Crippen molar-refractivity contribution in [1.82, 2.24) is 10.2 Å². The van der Waals surface area contributed by atoms with Crippen LogP contribution in [0.3, 0.4) is 0 Å². The van der Waals surface area contributed by atoms with Crippen molar-refractivity contribution in [3.05, 3.63) is 0 Å². The molecular weight excluding hydrogens is 236 g/mol.